The van der Waals surface area contributed by atoms with Gasteiger partial charge in [0, 0.05) is 44.6 Å². The Morgan fingerprint density at radius 3 is 2.89 bits per heavy atom. The first-order valence-electron chi connectivity index (χ1n) is 5.68. The number of aromatic nitrogens is 2. The molecule has 6 nitrogen and oxygen atoms in total. The van der Waals surface area contributed by atoms with E-state index in [2.05, 4.69) is 10.3 Å². The van der Waals surface area contributed by atoms with Crippen LogP contribution in [-0.2, 0) is 16.6 Å². The van der Waals surface area contributed by atoms with E-state index in [0.717, 1.165) is 10.9 Å². The van der Waals surface area contributed by atoms with Crippen LogP contribution in [-0.4, -0.2) is 38.8 Å². The smallest absolute Gasteiger partial charge is 0.303 e. The molecule has 7 heteroatoms. The van der Waals surface area contributed by atoms with Gasteiger partial charge in [0.2, 0.25) is 5.91 Å². The number of aliphatic carboxylic acids is 1. The number of nitrogens with zero attached hydrogens (tertiary/aromatic N) is 2. The van der Waals surface area contributed by atoms with Gasteiger partial charge < -0.3 is 15.0 Å². The summed E-state index contributed by atoms with van der Waals surface area (Å²) in [7, 11) is 1.92. The standard InChI is InChI=1S/C11H17N3O3S/c1-14-7-5-13-11(14)18-8-6-12-9(15)3-2-4-10(16)17/h5,7H,2-4,6,8H2,1H3,(H,12,15)(H,16,17). The lowest BCUT2D eigenvalue weighted by Crippen LogP contribution is -2.25. The summed E-state index contributed by atoms with van der Waals surface area (Å²) in [6.45, 7) is 0.559. The highest BCUT2D eigenvalue weighted by molar-refractivity contribution is 7.99. The number of carboxylic acid groups (broad SMARTS) is 1. The van der Waals surface area contributed by atoms with Crippen LogP contribution in [0.25, 0.3) is 0 Å². The highest BCUT2D eigenvalue weighted by Crippen LogP contribution is 2.12. The second kappa shape index (κ2) is 7.75. The average molecular weight is 271 g/mol. The summed E-state index contributed by atoms with van der Waals surface area (Å²) in [5.74, 6) is -0.222. The predicted octanol–water partition coefficient (Wildman–Crippen LogP) is 0.883. The molecule has 0 aliphatic carbocycles. The number of imidazole rings is 1. The molecule has 0 aliphatic rings. The molecule has 1 aromatic rings. The number of rotatable bonds is 8. The third-order valence-electron chi connectivity index (χ3n) is 2.23. The molecule has 0 unspecified atom stereocenters. The molecule has 100 valence electrons. The molecule has 18 heavy (non-hydrogen) atoms. The van der Waals surface area contributed by atoms with Crippen LogP contribution >= 0.6 is 11.8 Å². The van der Waals surface area contributed by atoms with Crippen LogP contribution in [0.3, 0.4) is 0 Å². The molecular formula is C11H17N3O3S. The Labute approximate surface area is 110 Å². The van der Waals surface area contributed by atoms with Crippen LogP contribution in [0, 0.1) is 0 Å². The summed E-state index contributed by atoms with van der Waals surface area (Å²) >= 11 is 1.57. The van der Waals surface area contributed by atoms with Crippen molar-refractivity contribution >= 4 is 23.6 Å². The van der Waals surface area contributed by atoms with E-state index in [4.69, 9.17) is 5.11 Å². The van der Waals surface area contributed by atoms with Gasteiger partial charge in [-0.1, -0.05) is 11.8 Å². The Balaban J connectivity index is 2.05. The monoisotopic (exact) mass is 271 g/mol. The summed E-state index contributed by atoms with van der Waals surface area (Å²) < 4.78 is 1.92. The van der Waals surface area contributed by atoms with Gasteiger partial charge in [0.05, 0.1) is 0 Å². The third kappa shape index (κ3) is 5.72. The van der Waals surface area contributed by atoms with Crippen molar-refractivity contribution in [2.24, 2.45) is 7.05 Å². The van der Waals surface area contributed by atoms with Crippen LogP contribution in [0.2, 0.25) is 0 Å². The molecule has 0 aromatic carbocycles. The summed E-state index contributed by atoms with van der Waals surface area (Å²) in [6, 6.07) is 0. The summed E-state index contributed by atoms with van der Waals surface area (Å²) in [4.78, 5) is 25.7. The summed E-state index contributed by atoms with van der Waals surface area (Å²) in [6.07, 6.45) is 4.28. The third-order valence-corrected chi connectivity index (χ3v) is 3.29. The van der Waals surface area contributed by atoms with Crippen molar-refractivity contribution in [2.75, 3.05) is 12.3 Å². The van der Waals surface area contributed by atoms with Gasteiger partial charge in [-0.2, -0.15) is 0 Å². The first-order chi connectivity index (χ1) is 8.59. The van der Waals surface area contributed by atoms with Gasteiger partial charge in [0.15, 0.2) is 5.16 Å². The van der Waals surface area contributed by atoms with E-state index in [0.29, 0.717) is 13.0 Å². The fourth-order valence-electron chi connectivity index (χ4n) is 1.31. The predicted molar refractivity (Wildman–Crippen MR) is 68.4 cm³/mol. The zero-order valence-electron chi connectivity index (χ0n) is 10.3. The molecule has 0 saturated heterocycles. The van der Waals surface area contributed by atoms with Crippen LogP contribution in [0.4, 0.5) is 0 Å². The quantitative estimate of drug-likeness (QED) is 0.541. The molecule has 0 spiro atoms. The molecule has 2 N–H and O–H groups in total. The lowest BCUT2D eigenvalue weighted by atomic mass is 10.2. The molecule has 1 heterocycles. The minimum atomic E-state index is -0.867. The van der Waals surface area contributed by atoms with Gasteiger partial charge in [-0.15, -0.1) is 0 Å². The maximum absolute atomic E-state index is 11.3. The number of carboxylic acids is 1. The van der Waals surface area contributed by atoms with Crippen molar-refractivity contribution in [3.63, 3.8) is 0 Å². The topological polar surface area (TPSA) is 84.2 Å². The normalized spacial score (nSPS) is 10.3. The summed E-state index contributed by atoms with van der Waals surface area (Å²) in [5, 5.41) is 12.1. The van der Waals surface area contributed by atoms with Crippen molar-refractivity contribution in [3.8, 4) is 0 Å². The first kappa shape index (κ1) is 14.6. The van der Waals surface area contributed by atoms with Crippen molar-refractivity contribution in [2.45, 2.75) is 24.4 Å². The molecule has 0 bridgehead atoms. The van der Waals surface area contributed by atoms with E-state index in [-0.39, 0.29) is 18.7 Å². The van der Waals surface area contributed by atoms with Gasteiger partial charge in [0.1, 0.15) is 0 Å². The molecular weight excluding hydrogens is 254 g/mol. The molecule has 1 rings (SSSR count). The fraction of sp³-hybridized carbons (Fsp3) is 0.545. The number of amides is 1. The van der Waals surface area contributed by atoms with E-state index < -0.39 is 5.97 Å². The molecule has 0 radical (unpaired) electrons. The average Bonchev–Trinajstić information content (AvgIpc) is 2.70. The maximum atomic E-state index is 11.3. The van der Waals surface area contributed by atoms with Crippen LogP contribution in [0.5, 0.6) is 0 Å². The Bertz CT molecular complexity index is 406. The van der Waals surface area contributed by atoms with E-state index in [1.54, 1.807) is 18.0 Å². The largest absolute Gasteiger partial charge is 0.481 e. The SMILES string of the molecule is Cn1ccnc1SCCNC(=O)CCCC(=O)O. The minimum absolute atomic E-state index is 0.0371. The van der Waals surface area contributed by atoms with E-state index in [1.807, 2.05) is 17.8 Å². The molecule has 1 aromatic heterocycles. The number of hydrogen-bond acceptors (Lipinski definition) is 4. The molecule has 0 atom stereocenters. The Hall–Kier alpha value is -1.50. The van der Waals surface area contributed by atoms with Crippen LogP contribution in [0.1, 0.15) is 19.3 Å². The van der Waals surface area contributed by atoms with E-state index >= 15 is 0 Å². The van der Waals surface area contributed by atoms with Crippen molar-refractivity contribution in [1.29, 1.82) is 0 Å². The van der Waals surface area contributed by atoms with Gasteiger partial charge in [0.25, 0.3) is 0 Å². The van der Waals surface area contributed by atoms with Gasteiger partial charge >= 0.3 is 5.97 Å². The zero-order chi connectivity index (χ0) is 13.4. The number of hydrogen-bond donors (Lipinski definition) is 2. The zero-order valence-corrected chi connectivity index (χ0v) is 11.1. The number of thioether (sulfide) groups is 1. The molecule has 1 amide bonds. The van der Waals surface area contributed by atoms with Crippen LogP contribution < -0.4 is 5.32 Å². The minimum Gasteiger partial charge on any atom is -0.481 e. The Morgan fingerprint density at radius 1 is 1.50 bits per heavy atom. The van der Waals surface area contributed by atoms with Crippen molar-refractivity contribution in [3.05, 3.63) is 12.4 Å². The second-order valence-corrected chi connectivity index (χ2v) is 4.83. The molecule has 0 saturated carbocycles. The number of carbonyl (C=O) groups excluding carboxylic acids is 1. The van der Waals surface area contributed by atoms with Crippen LogP contribution in [0.15, 0.2) is 17.6 Å². The Morgan fingerprint density at radius 2 is 2.28 bits per heavy atom. The van der Waals surface area contributed by atoms with E-state index in [1.165, 1.54) is 0 Å². The fourth-order valence-corrected chi connectivity index (χ4v) is 2.10. The number of carbonyl (C=O) groups is 2. The molecule has 0 aliphatic heterocycles. The number of aryl methyl sites for hydroxylation is 1. The van der Waals surface area contributed by atoms with Gasteiger partial charge in [-0.05, 0) is 6.42 Å². The van der Waals surface area contributed by atoms with Crippen molar-refractivity contribution in [1.82, 2.24) is 14.9 Å². The first-order valence-corrected chi connectivity index (χ1v) is 6.67. The van der Waals surface area contributed by atoms with Crippen molar-refractivity contribution < 1.29 is 14.7 Å². The highest BCUT2D eigenvalue weighted by Gasteiger charge is 2.04. The lowest BCUT2D eigenvalue weighted by molar-refractivity contribution is -0.137. The van der Waals surface area contributed by atoms with Gasteiger partial charge in [-0.25, -0.2) is 4.98 Å². The number of nitrogens with one attached hydrogen (secondary N) is 1. The highest BCUT2D eigenvalue weighted by atomic mass is 32.2. The lowest BCUT2D eigenvalue weighted by Gasteiger charge is -2.04. The molecule has 0 fully saturated rings. The second-order valence-electron chi connectivity index (χ2n) is 3.77. The maximum Gasteiger partial charge on any atom is 0.303 e. The van der Waals surface area contributed by atoms with Gasteiger partial charge in [-0.3, -0.25) is 9.59 Å². The summed E-state index contributed by atoms with van der Waals surface area (Å²) in [5.41, 5.74) is 0. The Kier molecular flexibility index (Phi) is 6.27. The van der Waals surface area contributed by atoms with E-state index in [9.17, 15) is 9.59 Å².